The summed E-state index contributed by atoms with van der Waals surface area (Å²) in [5.74, 6) is 0.828. The molecule has 0 radical (unpaired) electrons. The van der Waals surface area contributed by atoms with Crippen molar-refractivity contribution in [1.29, 1.82) is 0 Å². The van der Waals surface area contributed by atoms with Gasteiger partial charge in [-0.15, -0.1) is 0 Å². The van der Waals surface area contributed by atoms with Gasteiger partial charge in [0.05, 0.1) is 17.6 Å². The average Bonchev–Trinajstić information content (AvgIpc) is 2.31. The molecule has 1 aromatic heterocycles. The second-order valence-electron chi connectivity index (χ2n) is 4.27. The fourth-order valence-corrected chi connectivity index (χ4v) is 1.64. The molecule has 3 nitrogen and oxygen atoms in total. The minimum absolute atomic E-state index is 0.777. The fraction of sp³-hybridized carbons (Fsp3) is 0.286. The highest BCUT2D eigenvalue weighted by Crippen LogP contribution is 2.09. The zero-order valence-corrected chi connectivity index (χ0v) is 10.5. The summed E-state index contributed by atoms with van der Waals surface area (Å²) < 4.78 is 0. The summed E-state index contributed by atoms with van der Waals surface area (Å²) in [4.78, 5) is 8.72. The van der Waals surface area contributed by atoms with E-state index in [4.69, 9.17) is 0 Å². The highest BCUT2D eigenvalue weighted by atomic mass is 15.0. The molecule has 17 heavy (non-hydrogen) atoms. The number of hydrogen-bond donors (Lipinski definition) is 1. The van der Waals surface area contributed by atoms with E-state index in [0.29, 0.717) is 0 Å². The van der Waals surface area contributed by atoms with Crippen molar-refractivity contribution in [3.8, 4) is 0 Å². The van der Waals surface area contributed by atoms with Gasteiger partial charge in [-0.25, -0.2) is 4.98 Å². The van der Waals surface area contributed by atoms with Gasteiger partial charge >= 0.3 is 0 Å². The summed E-state index contributed by atoms with van der Waals surface area (Å²) >= 11 is 0. The van der Waals surface area contributed by atoms with Crippen LogP contribution in [0.2, 0.25) is 0 Å². The number of nitrogens with one attached hydrogen (secondary N) is 1. The maximum absolute atomic E-state index is 4.44. The van der Waals surface area contributed by atoms with Crippen LogP contribution < -0.4 is 5.32 Å². The molecule has 0 unspecified atom stereocenters. The van der Waals surface area contributed by atoms with E-state index in [-0.39, 0.29) is 0 Å². The lowest BCUT2D eigenvalue weighted by Gasteiger charge is -2.07. The van der Waals surface area contributed by atoms with Crippen molar-refractivity contribution >= 4 is 5.82 Å². The molecule has 88 valence electrons. The van der Waals surface area contributed by atoms with E-state index < -0.39 is 0 Å². The van der Waals surface area contributed by atoms with Crippen LogP contribution >= 0.6 is 0 Å². The second-order valence-corrected chi connectivity index (χ2v) is 4.27. The lowest BCUT2D eigenvalue weighted by molar-refractivity contribution is 1.02. The van der Waals surface area contributed by atoms with Crippen molar-refractivity contribution in [2.45, 2.75) is 27.3 Å². The second kappa shape index (κ2) is 4.95. The van der Waals surface area contributed by atoms with Crippen LogP contribution in [0.25, 0.3) is 0 Å². The molecule has 1 aromatic carbocycles. The number of nitrogens with zero attached hydrogens (tertiary/aromatic N) is 2. The highest BCUT2D eigenvalue weighted by Gasteiger charge is 1.99. The molecule has 1 heterocycles. The molecule has 0 aliphatic carbocycles. The minimum atomic E-state index is 0.777. The van der Waals surface area contributed by atoms with E-state index in [2.05, 4.69) is 46.5 Å². The topological polar surface area (TPSA) is 37.8 Å². The van der Waals surface area contributed by atoms with Crippen molar-refractivity contribution in [2.24, 2.45) is 0 Å². The first-order valence-electron chi connectivity index (χ1n) is 5.75. The van der Waals surface area contributed by atoms with Crippen molar-refractivity contribution in [2.75, 3.05) is 5.32 Å². The largest absolute Gasteiger partial charge is 0.365 e. The summed E-state index contributed by atoms with van der Waals surface area (Å²) in [5.41, 5.74) is 4.48. The molecule has 0 amide bonds. The first kappa shape index (κ1) is 11.6. The van der Waals surface area contributed by atoms with Crippen LogP contribution in [0, 0.1) is 20.8 Å². The zero-order chi connectivity index (χ0) is 12.3. The lowest BCUT2D eigenvalue weighted by Crippen LogP contribution is -2.04. The van der Waals surface area contributed by atoms with E-state index in [1.54, 1.807) is 6.20 Å². The summed E-state index contributed by atoms with van der Waals surface area (Å²) in [7, 11) is 0. The average molecular weight is 227 g/mol. The van der Waals surface area contributed by atoms with Crippen LogP contribution in [0.1, 0.15) is 22.5 Å². The van der Waals surface area contributed by atoms with Crippen LogP contribution in [-0.4, -0.2) is 9.97 Å². The molecule has 0 bridgehead atoms. The number of aromatic nitrogens is 2. The van der Waals surface area contributed by atoms with Crippen LogP contribution in [0.3, 0.4) is 0 Å². The Hall–Kier alpha value is -1.90. The summed E-state index contributed by atoms with van der Waals surface area (Å²) in [5, 5.41) is 3.28. The van der Waals surface area contributed by atoms with Crippen LogP contribution in [0.4, 0.5) is 5.82 Å². The van der Waals surface area contributed by atoms with E-state index in [1.807, 2.05) is 13.8 Å². The number of hydrogen-bond acceptors (Lipinski definition) is 3. The highest BCUT2D eigenvalue weighted by molar-refractivity contribution is 5.35. The summed E-state index contributed by atoms with van der Waals surface area (Å²) in [6.45, 7) is 6.81. The third-order valence-electron chi connectivity index (χ3n) is 2.75. The predicted molar refractivity (Wildman–Crippen MR) is 70.0 cm³/mol. The third kappa shape index (κ3) is 3.03. The van der Waals surface area contributed by atoms with Gasteiger partial charge in [0.25, 0.3) is 0 Å². The number of rotatable bonds is 3. The molecule has 0 saturated heterocycles. The Morgan fingerprint density at radius 3 is 2.65 bits per heavy atom. The monoisotopic (exact) mass is 227 g/mol. The van der Waals surface area contributed by atoms with Gasteiger partial charge in [0.1, 0.15) is 5.82 Å². The molecule has 2 aromatic rings. The van der Waals surface area contributed by atoms with Gasteiger partial charge < -0.3 is 5.32 Å². The molecule has 1 N–H and O–H groups in total. The van der Waals surface area contributed by atoms with E-state index in [0.717, 1.165) is 23.8 Å². The van der Waals surface area contributed by atoms with E-state index in [1.165, 1.54) is 11.1 Å². The van der Waals surface area contributed by atoms with E-state index >= 15 is 0 Å². The molecular weight excluding hydrogens is 210 g/mol. The van der Waals surface area contributed by atoms with Crippen LogP contribution in [0.15, 0.2) is 30.5 Å². The van der Waals surface area contributed by atoms with Crippen molar-refractivity contribution in [1.82, 2.24) is 9.97 Å². The summed E-state index contributed by atoms with van der Waals surface area (Å²) in [6, 6.07) is 8.44. The normalized spacial score (nSPS) is 10.3. The maximum Gasteiger partial charge on any atom is 0.145 e. The van der Waals surface area contributed by atoms with Crippen molar-refractivity contribution < 1.29 is 0 Å². The predicted octanol–water partition coefficient (Wildman–Crippen LogP) is 3.01. The number of anilines is 1. The molecule has 0 fully saturated rings. The Balaban J connectivity index is 2.05. The van der Waals surface area contributed by atoms with Gasteiger partial charge in [0, 0.05) is 6.54 Å². The Bertz CT molecular complexity index is 521. The fourth-order valence-electron chi connectivity index (χ4n) is 1.64. The SMILES string of the molecule is Cc1cccc(CNc2cnc(C)c(C)n2)c1. The van der Waals surface area contributed by atoms with Gasteiger partial charge in [-0.1, -0.05) is 29.8 Å². The smallest absolute Gasteiger partial charge is 0.145 e. The third-order valence-corrected chi connectivity index (χ3v) is 2.75. The van der Waals surface area contributed by atoms with Crippen LogP contribution in [0.5, 0.6) is 0 Å². The Kier molecular flexibility index (Phi) is 3.38. The zero-order valence-electron chi connectivity index (χ0n) is 10.5. The maximum atomic E-state index is 4.44. The van der Waals surface area contributed by atoms with Crippen LogP contribution in [-0.2, 0) is 6.54 Å². The van der Waals surface area contributed by atoms with Gasteiger partial charge in [0.15, 0.2) is 0 Å². The van der Waals surface area contributed by atoms with E-state index in [9.17, 15) is 0 Å². The van der Waals surface area contributed by atoms with Gasteiger partial charge in [-0.2, -0.15) is 0 Å². The first-order valence-corrected chi connectivity index (χ1v) is 5.75. The Morgan fingerprint density at radius 2 is 1.94 bits per heavy atom. The van der Waals surface area contributed by atoms with Gasteiger partial charge in [-0.3, -0.25) is 4.98 Å². The quantitative estimate of drug-likeness (QED) is 0.875. The molecule has 3 heteroatoms. The molecule has 0 saturated carbocycles. The Morgan fingerprint density at radius 1 is 1.12 bits per heavy atom. The molecular formula is C14H17N3. The Labute approximate surface area is 102 Å². The van der Waals surface area contributed by atoms with Crippen molar-refractivity contribution in [3.05, 3.63) is 53.0 Å². The summed E-state index contributed by atoms with van der Waals surface area (Å²) in [6.07, 6.45) is 1.78. The lowest BCUT2D eigenvalue weighted by atomic mass is 10.1. The molecule has 0 aliphatic heterocycles. The number of aryl methyl sites for hydroxylation is 3. The molecule has 0 atom stereocenters. The minimum Gasteiger partial charge on any atom is -0.365 e. The molecule has 2 rings (SSSR count). The molecule has 0 spiro atoms. The standard InChI is InChI=1S/C14H17N3/c1-10-5-4-6-13(7-10)8-16-14-9-15-11(2)12(3)17-14/h4-7,9H,8H2,1-3H3,(H,16,17). The molecule has 0 aliphatic rings. The first-order chi connectivity index (χ1) is 8.15. The van der Waals surface area contributed by atoms with Crippen molar-refractivity contribution in [3.63, 3.8) is 0 Å². The van der Waals surface area contributed by atoms with Gasteiger partial charge in [0.2, 0.25) is 0 Å². The number of benzene rings is 1. The van der Waals surface area contributed by atoms with Gasteiger partial charge in [-0.05, 0) is 26.3 Å².